The van der Waals surface area contributed by atoms with Crippen LogP contribution < -0.4 is 4.74 Å². The molecule has 0 N–H and O–H groups in total. The van der Waals surface area contributed by atoms with Gasteiger partial charge in [-0.3, -0.25) is 0 Å². The van der Waals surface area contributed by atoms with Crippen LogP contribution in [0.4, 0.5) is 0 Å². The monoisotopic (exact) mass is 471 g/mol. The lowest BCUT2D eigenvalue weighted by molar-refractivity contribution is 0.309. The zero-order valence-electron chi connectivity index (χ0n) is 17.2. The molecule has 0 saturated carbocycles. The molecule has 0 unspecified atom stereocenters. The van der Waals surface area contributed by atoms with E-state index in [0.717, 1.165) is 36.1 Å². The van der Waals surface area contributed by atoms with Crippen molar-refractivity contribution in [3.05, 3.63) is 82.1 Å². The van der Waals surface area contributed by atoms with Gasteiger partial charge in [0, 0.05) is 23.7 Å². The van der Waals surface area contributed by atoms with Crippen LogP contribution in [0.1, 0.15) is 24.7 Å². The first-order valence-electron chi connectivity index (χ1n) is 10.2. The fourth-order valence-corrected chi connectivity index (χ4v) is 4.98. The van der Waals surface area contributed by atoms with E-state index in [4.69, 9.17) is 27.9 Å². The smallest absolute Gasteiger partial charge is 0.191 e. The maximum Gasteiger partial charge on any atom is 0.191 e. The number of aryl methyl sites for hydroxylation is 1. The Morgan fingerprint density at radius 2 is 1.84 bits per heavy atom. The number of thioether (sulfide) groups is 1. The molecule has 1 aromatic heterocycles. The molecule has 0 atom stereocenters. The van der Waals surface area contributed by atoms with E-state index in [2.05, 4.69) is 64.2 Å². The average Bonchev–Trinajstić information content (AvgIpc) is 3.18. The quantitative estimate of drug-likeness (QED) is 0.193. The molecule has 0 spiro atoms. The molecule has 0 fully saturated rings. The van der Waals surface area contributed by atoms with Gasteiger partial charge in [0.2, 0.25) is 0 Å². The molecule has 4 nitrogen and oxygen atoms in total. The number of hydrogen-bond acceptors (Lipinski definition) is 4. The molecule has 0 saturated heterocycles. The summed E-state index contributed by atoms with van der Waals surface area (Å²) in [6.45, 7) is 3.51. The number of fused-ring (bicyclic) bond motifs is 1. The standard InChI is InChI=1S/C24H23Cl2N3OS/c1-2-29-23(11-6-14-30-22-13-12-19(25)15-21(22)26)27-28-24(29)31-16-18-9-5-8-17-7-3-4-10-20(17)18/h3-5,7-10,12-13,15H,2,6,11,14,16H2,1H3. The maximum atomic E-state index is 6.16. The van der Waals surface area contributed by atoms with Gasteiger partial charge < -0.3 is 9.30 Å². The largest absolute Gasteiger partial charge is 0.492 e. The Bertz CT molecular complexity index is 1170. The van der Waals surface area contributed by atoms with Crippen molar-refractivity contribution < 1.29 is 4.74 Å². The fraction of sp³-hybridized carbons (Fsp3) is 0.250. The molecule has 4 rings (SSSR count). The molecule has 4 aromatic rings. The molecule has 0 aliphatic heterocycles. The molecule has 7 heteroatoms. The minimum atomic E-state index is 0.524. The number of hydrogen-bond donors (Lipinski definition) is 0. The maximum absolute atomic E-state index is 6.16. The molecule has 31 heavy (non-hydrogen) atoms. The first-order chi connectivity index (χ1) is 15.2. The summed E-state index contributed by atoms with van der Waals surface area (Å²) in [5.74, 6) is 2.49. The van der Waals surface area contributed by atoms with Gasteiger partial charge in [-0.25, -0.2) is 0 Å². The van der Waals surface area contributed by atoms with E-state index >= 15 is 0 Å². The van der Waals surface area contributed by atoms with Crippen LogP contribution >= 0.6 is 35.0 Å². The van der Waals surface area contributed by atoms with Crippen molar-refractivity contribution in [3.8, 4) is 5.75 Å². The van der Waals surface area contributed by atoms with Crippen molar-refractivity contribution in [2.24, 2.45) is 0 Å². The van der Waals surface area contributed by atoms with Crippen LogP contribution in [0.5, 0.6) is 5.75 Å². The molecule has 0 aliphatic carbocycles. The van der Waals surface area contributed by atoms with E-state index in [1.807, 2.05) is 0 Å². The van der Waals surface area contributed by atoms with Crippen molar-refractivity contribution >= 4 is 45.7 Å². The first kappa shape index (κ1) is 22.0. The lowest BCUT2D eigenvalue weighted by Gasteiger charge is -2.10. The molecule has 160 valence electrons. The van der Waals surface area contributed by atoms with E-state index in [1.165, 1.54) is 16.3 Å². The predicted octanol–water partition coefficient (Wildman–Crippen LogP) is 7.06. The number of aromatic nitrogens is 3. The van der Waals surface area contributed by atoms with E-state index in [1.54, 1.807) is 30.0 Å². The van der Waals surface area contributed by atoms with E-state index in [0.29, 0.717) is 22.4 Å². The number of benzene rings is 3. The van der Waals surface area contributed by atoms with E-state index in [9.17, 15) is 0 Å². The highest BCUT2D eigenvalue weighted by Crippen LogP contribution is 2.28. The summed E-state index contributed by atoms with van der Waals surface area (Å²) in [6, 6.07) is 20.2. The summed E-state index contributed by atoms with van der Waals surface area (Å²) in [4.78, 5) is 0. The highest BCUT2D eigenvalue weighted by molar-refractivity contribution is 7.98. The van der Waals surface area contributed by atoms with Gasteiger partial charge in [0.15, 0.2) is 5.16 Å². The van der Waals surface area contributed by atoms with Crippen molar-refractivity contribution in [1.82, 2.24) is 14.8 Å². The van der Waals surface area contributed by atoms with Crippen molar-refractivity contribution in [2.45, 2.75) is 37.2 Å². The lowest BCUT2D eigenvalue weighted by atomic mass is 10.1. The number of halogens is 2. The number of nitrogens with zero attached hydrogens (tertiary/aromatic N) is 3. The highest BCUT2D eigenvalue weighted by atomic mass is 35.5. The number of ether oxygens (including phenoxy) is 1. The van der Waals surface area contributed by atoms with Crippen LogP contribution in [0.2, 0.25) is 10.0 Å². The Labute approximate surface area is 196 Å². The van der Waals surface area contributed by atoms with Crippen molar-refractivity contribution in [2.75, 3.05) is 6.61 Å². The first-order valence-corrected chi connectivity index (χ1v) is 12.0. The lowest BCUT2D eigenvalue weighted by Crippen LogP contribution is -2.06. The normalized spacial score (nSPS) is 11.2. The molecule has 0 aliphatic rings. The van der Waals surface area contributed by atoms with Crippen LogP contribution in [-0.2, 0) is 18.7 Å². The molecule has 0 amide bonds. The third kappa shape index (κ3) is 5.35. The highest BCUT2D eigenvalue weighted by Gasteiger charge is 2.12. The molecule has 0 bridgehead atoms. The minimum Gasteiger partial charge on any atom is -0.492 e. The van der Waals surface area contributed by atoms with Crippen LogP contribution in [-0.4, -0.2) is 21.4 Å². The fourth-order valence-electron chi connectivity index (χ4n) is 3.49. The SMILES string of the molecule is CCn1c(CCCOc2ccc(Cl)cc2Cl)nnc1SCc1cccc2ccccc12. The zero-order valence-corrected chi connectivity index (χ0v) is 19.6. The molecular weight excluding hydrogens is 449 g/mol. The summed E-state index contributed by atoms with van der Waals surface area (Å²) in [5.41, 5.74) is 1.31. The van der Waals surface area contributed by atoms with Crippen LogP contribution in [0, 0.1) is 0 Å². The van der Waals surface area contributed by atoms with Gasteiger partial charge in [-0.2, -0.15) is 0 Å². The Morgan fingerprint density at radius 3 is 2.68 bits per heavy atom. The summed E-state index contributed by atoms with van der Waals surface area (Å²) >= 11 is 13.8. The third-order valence-electron chi connectivity index (χ3n) is 5.04. The van der Waals surface area contributed by atoms with Gasteiger partial charge in [-0.15, -0.1) is 10.2 Å². The van der Waals surface area contributed by atoms with Crippen molar-refractivity contribution in [3.63, 3.8) is 0 Å². The topological polar surface area (TPSA) is 39.9 Å². The molecule has 3 aromatic carbocycles. The predicted molar refractivity (Wildman–Crippen MR) is 129 cm³/mol. The summed E-state index contributed by atoms with van der Waals surface area (Å²) in [6.07, 6.45) is 1.62. The minimum absolute atomic E-state index is 0.524. The second-order valence-corrected chi connectivity index (χ2v) is 8.88. The van der Waals surface area contributed by atoms with Gasteiger partial charge in [0.05, 0.1) is 11.6 Å². The average molecular weight is 472 g/mol. The molecular formula is C24H23Cl2N3OS. The Morgan fingerprint density at radius 1 is 1.00 bits per heavy atom. The zero-order chi connectivity index (χ0) is 21.6. The summed E-state index contributed by atoms with van der Waals surface area (Å²) in [7, 11) is 0. The van der Waals surface area contributed by atoms with Gasteiger partial charge in [0.1, 0.15) is 11.6 Å². The van der Waals surface area contributed by atoms with Gasteiger partial charge in [-0.1, -0.05) is 77.4 Å². The Balaban J connectivity index is 1.36. The van der Waals surface area contributed by atoms with Crippen LogP contribution in [0.25, 0.3) is 10.8 Å². The van der Waals surface area contributed by atoms with E-state index in [-0.39, 0.29) is 0 Å². The Hall–Kier alpha value is -2.21. The molecule has 1 heterocycles. The van der Waals surface area contributed by atoms with Crippen molar-refractivity contribution in [1.29, 1.82) is 0 Å². The van der Waals surface area contributed by atoms with Crippen LogP contribution in [0.3, 0.4) is 0 Å². The van der Waals surface area contributed by atoms with Gasteiger partial charge >= 0.3 is 0 Å². The van der Waals surface area contributed by atoms with Gasteiger partial charge in [-0.05, 0) is 47.9 Å². The molecule has 0 radical (unpaired) electrons. The van der Waals surface area contributed by atoms with E-state index < -0.39 is 0 Å². The Kier molecular flexibility index (Phi) is 7.38. The summed E-state index contributed by atoms with van der Waals surface area (Å²) in [5, 5.41) is 13.5. The van der Waals surface area contributed by atoms with Crippen LogP contribution in [0.15, 0.2) is 65.8 Å². The number of rotatable bonds is 9. The second-order valence-electron chi connectivity index (χ2n) is 7.10. The summed E-state index contributed by atoms with van der Waals surface area (Å²) < 4.78 is 7.97. The van der Waals surface area contributed by atoms with Gasteiger partial charge in [0.25, 0.3) is 0 Å². The second kappa shape index (κ2) is 10.4. The third-order valence-corrected chi connectivity index (χ3v) is 6.59.